The molecule has 1 aromatic heterocycles. The Kier molecular flexibility index (Phi) is 3.88. The van der Waals surface area contributed by atoms with Crippen LogP contribution in [0.3, 0.4) is 0 Å². The molecule has 1 fully saturated rings. The van der Waals surface area contributed by atoms with Gasteiger partial charge in [-0.15, -0.1) is 0 Å². The van der Waals surface area contributed by atoms with E-state index in [2.05, 4.69) is 22.1 Å². The second kappa shape index (κ2) is 5.39. The normalized spacial score (nSPS) is 24.2. The van der Waals surface area contributed by atoms with Crippen LogP contribution in [-0.2, 0) is 0 Å². The van der Waals surface area contributed by atoms with Gasteiger partial charge in [0.25, 0.3) is 0 Å². The van der Waals surface area contributed by atoms with E-state index in [1.54, 1.807) is 6.20 Å². The lowest BCUT2D eigenvalue weighted by Gasteiger charge is -2.37. The lowest BCUT2D eigenvalue weighted by molar-refractivity contribution is 0.0961. The molecule has 0 amide bonds. The molecule has 2 atom stereocenters. The third kappa shape index (κ3) is 2.58. The van der Waals surface area contributed by atoms with Gasteiger partial charge in [-0.3, -0.25) is 9.88 Å². The summed E-state index contributed by atoms with van der Waals surface area (Å²) < 4.78 is 0. The summed E-state index contributed by atoms with van der Waals surface area (Å²) in [5, 5.41) is 12.9. The highest BCUT2D eigenvalue weighted by Crippen LogP contribution is 2.20. The highest BCUT2D eigenvalue weighted by Gasteiger charge is 2.24. The van der Waals surface area contributed by atoms with Gasteiger partial charge in [-0.25, -0.2) is 0 Å². The van der Waals surface area contributed by atoms with Crippen LogP contribution < -0.4 is 5.32 Å². The number of nitrogens with zero attached hydrogens (tertiary/aromatic N) is 2. The summed E-state index contributed by atoms with van der Waals surface area (Å²) in [4.78, 5) is 6.43. The van der Waals surface area contributed by atoms with E-state index < -0.39 is 0 Å². The third-order valence-electron chi connectivity index (χ3n) is 3.08. The maximum atomic E-state index is 9.53. The van der Waals surface area contributed by atoms with Crippen LogP contribution in [0.25, 0.3) is 0 Å². The molecule has 0 aliphatic carbocycles. The van der Waals surface area contributed by atoms with E-state index in [-0.39, 0.29) is 12.6 Å². The maximum absolute atomic E-state index is 9.53. The molecule has 1 aromatic rings. The lowest BCUT2D eigenvalue weighted by Crippen LogP contribution is -2.50. The van der Waals surface area contributed by atoms with Crippen molar-refractivity contribution in [2.24, 2.45) is 0 Å². The number of pyridine rings is 1. The van der Waals surface area contributed by atoms with Crippen molar-refractivity contribution in [3.63, 3.8) is 0 Å². The smallest absolute Gasteiger partial charge is 0.0629 e. The van der Waals surface area contributed by atoms with Crippen molar-refractivity contribution in [2.45, 2.75) is 19.0 Å². The summed E-state index contributed by atoms with van der Waals surface area (Å²) >= 11 is 0. The van der Waals surface area contributed by atoms with E-state index in [1.807, 2.05) is 18.3 Å². The Labute approximate surface area is 96.3 Å². The van der Waals surface area contributed by atoms with Gasteiger partial charge in [0.1, 0.15) is 0 Å². The van der Waals surface area contributed by atoms with Crippen LogP contribution in [0.5, 0.6) is 0 Å². The van der Waals surface area contributed by atoms with Gasteiger partial charge in [0, 0.05) is 38.1 Å². The molecule has 0 bridgehead atoms. The summed E-state index contributed by atoms with van der Waals surface area (Å²) in [5.74, 6) is 0. The van der Waals surface area contributed by atoms with Crippen LogP contribution in [0.1, 0.15) is 18.5 Å². The standard InChI is InChI=1S/C12H19N3O/c1-10-8-15(6-5-14-10)12(9-16)11-3-2-4-13-7-11/h2-4,7,10,12,14,16H,5-6,8-9H2,1H3/t10-,12+/m1/s1. The van der Waals surface area contributed by atoms with Crippen LogP contribution in [0.15, 0.2) is 24.5 Å². The Morgan fingerprint density at radius 1 is 1.69 bits per heavy atom. The van der Waals surface area contributed by atoms with Crippen molar-refractivity contribution in [3.05, 3.63) is 30.1 Å². The summed E-state index contributed by atoms with van der Waals surface area (Å²) in [5.41, 5.74) is 1.10. The lowest BCUT2D eigenvalue weighted by atomic mass is 10.1. The quantitative estimate of drug-likeness (QED) is 0.776. The van der Waals surface area contributed by atoms with E-state index >= 15 is 0 Å². The van der Waals surface area contributed by atoms with Gasteiger partial charge < -0.3 is 10.4 Å². The Bertz CT molecular complexity index is 317. The number of aliphatic hydroxyl groups is 1. The molecule has 0 radical (unpaired) electrons. The minimum atomic E-state index is 0.0817. The first kappa shape index (κ1) is 11.5. The van der Waals surface area contributed by atoms with Gasteiger partial charge in [-0.05, 0) is 18.6 Å². The van der Waals surface area contributed by atoms with Crippen molar-refractivity contribution in [1.29, 1.82) is 0 Å². The average molecular weight is 221 g/mol. The fourth-order valence-corrected chi connectivity index (χ4v) is 2.25. The molecule has 88 valence electrons. The first-order valence-corrected chi connectivity index (χ1v) is 5.79. The van der Waals surface area contributed by atoms with Crippen LogP contribution in [-0.4, -0.2) is 47.3 Å². The summed E-state index contributed by atoms with van der Waals surface area (Å²) in [6.45, 7) is 5.25. The fraction of sp³-hybridized carbons (Fsp3) is 0.583. The predicted octanol–water partition coefficient (Wildman–Crippen LogP) is 0.409. The fourth-order valence-electron chi connectivity index (χ4n) is 2.25. The van der Waals surface area contributed by atoms with Gasteiger partial charge in [-0.2, -0.15) is 0 Å². The molecule has 1 aliphatic heterocycles. The van der Waals surface area contributed by atoms with E-state index in [4.69, 9.17) is 0 Å². The van der Waals surface area contributed by atoms with Crippen molar-refractivity contribution >= 4 is 0 Å². The van der Waals surface area contributed by atoms with Gasteiger partial charge in [0.05, 0.1) is 12.6 Å². The molecule has 2 heterocycles. The molecule has 0 aromatic carbocycles. The molecule has 4 nitrogen and oxygen atoms in total. The highest BCUT2D eigenvalue weighted by atomic mass is 16.3. The number of piperazine rings is 1. The monoisotopic (exact) mass is 221 g/mol. The Morgan fingerprint density at radius 3 is 3.19 bits per heavy atom. The van der Waals surface area contributed by atoms with Crippen LogP contribution in [0.4, 0.5) is 0 Å². The van der Waals surface area contributed by atoms with Crippen molar-refractivity contribution < 1.29 is 5.11 Å². The van der Waals surface area contributed by atoms with Gasteiger partial charge in [-0.1, -0.05) is 6.07 Å². The van der Waals surface area contributed by atoms with Crippen LogP contribution in [0, 0.1) is 0 Å². The molecular formula is C12H19N3O. The second-order valence-electron chi connectivity index (χ2n) is 4.33. The predicted molar refractivity (Wildman–Crippen MR) is 63.1 cm³/mol. The number of aromatic nitrogens is 1. The minimum Gasteiger partial charge on any atom is -0.394 e. The average Bonchev–Trinajstić information content (AvgIpc) is 2.31. The molecule has 1 saturated heterocycles. The molecule has 0 spiro atoms. The summed E-state index contributed by atoms with van der Waals surface area (Å²) in [7, 11) is 0. The van der Waals surface area contributed by atoms with E-state index in [1.165, 1.54) is 0 Å². The summed E-state index contributed by atoms with van der Waals surface area (Å²) in [6.07, 6.45) is 3.60. The number of hydrogen-bond donors (Lipinski definition) is 2. The Hall–Kier alpha value is -0.970. The molecule has 0 unspecified atom stereocenters. The molecule has 4 heteroatoms. The van der Waals surface area contributed by atoms with Crippen molar-refractivity contribution in [3.8, 4) is 0 Å². The zero-order chi connectivity index (χ0) is 11.4. The zero-order valence-electron chi connectivity index (χ0n) is 9.63. The Morgan fingerprint density at radius 2 is 2.56 bits per heavy atom. The SMILES string of the molecule is C[C@@H]1CN([C@@H](CO)c2cccnc2)CCN1. The van der Waals surface area contributed by atoms with Crippen LogP contribution >= 0.6 is 0 Å². The molecule has 2 rings (SSSR count). The maximum Gasteiger partial charge on any atom is 0.0629 e. The summed E-state index contributed by atoms with van der Waals surface area (Å²) in [6, 6.07) is 4.52. The number of rotatable bonds is 3. The van der Waals surface area contributed by atoms with Gasteiger partial charge >= 0.3 is 0 Å². The first-order chi connectivity index (χ1) is 7.81. The second-order valence-corrected chi connectivity index (χ2v) is 4.33. The highest BCUT2D eigenvalue weighted by molar-refractivity contribution is 5.14. The van der Waals surface area contributed by atoms with Crippen molar-refractivity contribution in [2.75, 3.05) is 26.2 Å². The zero-order valence-corrected chi connectivity index (χ0v) is 9.63. The Balaban J connectivity index is 2.10. The third-order valence-corrected chi connectivity index (χ3v) is 3.08. The molecule has 1 aliphatic rings. The van der Waals surface area contributed by atoms with Crippen molar-refractivity contribution in [1.82, 2.24) is 15.2 Å². The molecule has 16 heavy (non-hydrogen) atoms. The number of aliphatic hydroxyl groups excluding tert-OH is 1. The van der Waals surface area contributed by atoms with E-state index in [9.17, 15) is 5.11 Å². The molecule has 2 N–H and O–H groups in total. The van der Waals surface area contributed by atoms with Gasteiger partial charge in [0.2, 0.25) is 0 Å². The first-order valence-electron chi connectivity index (χ1n) is 5.79. The van der Waals surface area contributed by atoms with E-state index in [0.717, 1.165) is 25.2 Å². The van der Waals surface area contributed by atoms with E-state index in [0.29, 0.717) is 6.04 Å². The number of nitrogens with one attached hydrogen (secondary N) is 1. The molecular weight excluding hydrogens is 202 g/mol. The molecule has 0 saturated carbocycles. The van der Waals surface area contributed by atoms with Crippen LogP contribution in [0.2, 0.25) is 0 Å². The topological polar surface area (TPSA) is 48.4 Å². The largest absolute Gasteiger partial charge is 0.394 e. The minimum absolute atomic E-state index is 0.0817. The van der Waals surface area contributed by atoms with Gasteiger partial charge in [0.15, 0.2) is 0 Å². The number of hydrogen-bond acceptors (Lipinski definition) is 4.